The SMILES string of the molecule is CCCCCCC(C)Oc1ccc(-c2ccc(C3CCC(CCC)CC3)cc2)cc1. The molecular formula is C29H42O. The highest BCUT2D eigenvalue weighted by Crippen LogP contribution is 2.38. The van der Waals surface area contributed by atoms with E-state index < -0.39 is 0 Å². The largest absolute Gasteiger partial charge is 0.491 e. The predicted octanol–water partition coefficient (Wildman–Crippen LogP) is 9.17. The van der Waals surface area contributed by atoms with Gasteiger partial charge in [0.05, 0.1) is 6.10 Å². The Balaban J connectivity index is 1.50. The maximum Gasteiger partial charge on any atom is 0.119 e. The third-order valence-electron chi connectivity index (χ3n) is 6.91. The van der Waals surface area contributed by atoms with E-state index in [4.69, 9.17) is 4.74 Å². The molecule has 1 heteroatoms. The van der Waals surface area contributed by atoms with E-state index in [0.717, 1.165) is 24.0 Å². The molecule has 1 nitrogen and oxygen atoms in total. The lowest BCUT2D eigenvalue weighted by atomic mass is 9.77. The molecule has 0 bridgehead atoms. The normalized spacial score (nSPS) is 20.1. The summed E-state index contributed by atoms with van der Waals surface area (Å²) in [7, 11) is 0. The van der Waals surface area contributed by atoms with Gasteiger partial charge in [-0.1, -0.05) is 82.3 Å². The van der Waals surface area contributed by atoms with E-state index in [9.17, 15) is 0 Å². The van der Waals surface area contributed by atoms with Crippen molar-refractivity contribution in [3.05, 3.63) is 54.1 Å². The molecule has 2 aromatic rings. The van der Waals surface area contributed by atoms with E-state index in [1.165, 1.54) is 80.9 Å². The van der Waals surface area contributed by atoms with E-state index in [1.54, 1.807) is 0 Å². The Kier molecular flexibility index (Phi) is 9.30. The van der Waals surface area contributed by atoms with Crippen molar-refractivity contribution >= 4 is 0 Å². The molecule has 0 saturated heterocycles. The third-order valence-corrected chi connectivity index (χ3v) is 6.91. The first kappa shape index (κ1) is 22.9. The molecule has 0 heterocycles. The molecule has 1 saturated carbocycles. The quantitative estimate of drug-likeness (QED) is 0.338. The monoisotopic (exact) mass is 406 g/mol. The average Bonchev–Trinajstić information content (AvgIpc) is 2.78. The molecule has 1 fully saturated rings. The Morgan fingerprint density at radius 2 is 1.40 bits per heavy atom. The van der Waals surface area contributed by atoms with Gasteiger partial charge in [-0.15, -0.1) is 0 Å². The Bertz CT molecular complexity index is 707. The summed E-state index contributed by atoms with van der Waals surface area (Å²) in [6.07, 6.45) is 15.0. The van der Waals surface area contributed by atoms with Crippen molar-refractivity contribution in [1.29, 1.82) is 0 Å². The first-order chi connectivity index (χ1) is 14.7. The molecule has 2 aromatic carbocycles. The van der Waals surface area contributed by atoms with Crippen LogP contribution in [-0.2, 0) is 0 Å². The zero-order valence-electron chi connectivity index (χ0n) is 19.5. The lowest BCUT2D eigenvalue weighted by molar-refractivity contribution is 0.206. The fourth-order valence-corrected chi connectivity index (χ4v) is 5.02. The highest BCUT2D eigenvalue weighted by molar-refractivity contribution is 5.64. The number of unbranched alkanes of at least 4 members (excludes halogenated alkanes) is 3. The summed E-state index contributed by atoms with van der Waals surface area (Å²) in [6.45, 7) is 6.76. The predicted molar refractivity (Wildman–Crippen MR) is 130 cm³/mol. The average molecular weight is 407 g/mol. The third kappa shape index (κ3) is 6.89. The van der Waals surface area contributed by atoms with Gasteiger partial charge in [0.15, 0.2) is 0 Å². The van der Waals surface area contributed by atoms with E-state index in [1.807, 2.05) is 0 Å². The first-order valence-corrected chi connectivity index (χ1v) is 12.6. The van der Waals surface area contributed by atoms with Crippen molar-refractivity contribution in [2.75, 3.05) is 0 Å². The van der Waals surface area contributed by atoms with E-state index in [0.29, 0.717) is 6.10 Å². The van der Waals surface area contributed by atoms with Crippen molar-refractivity contribution in [3.8, 4) is 16.9 Å². The smallest absolute Gasteiger partial charge is 0.119 e. The molecule has 0 amide bonds. The van der Waals surface area contributed by atoms with Gasteiger partial charge in [0, 0.05) is 0 Å². The second kappa shape index (κ2) is 12.2. The Morgan fingerprint density at radius 1 is 0.767 bits per heavy atom. The van der Waals surface area contributed by atoms with E-state index in [2.05, 4.69) is 69.3 Å². The van der Waals surface area contributed by atoms with Crippen LogP contribution in [-0.4, -0.2) is 6.10 Å². The molecule has 1 aliphatic carbocycles. The minimum absolute atomic E-state index is 0.291. The van der Waals surface area contributed by atoms with Crippen LogP contribution in [0.3, 0.4) is 0 Å². The summed E-state index contributed by atoms with van der Waals surface area (Å²) in [5.41, 5.74) is 4.11. The van der Waals surface area contributed by atoms with Crippen LogP contribution in [0.4, 0.5) is 0 Å². The number of rotatable bonds is 11. The second-order valence-electron chi connectivity index (χ2n) is 9.43. The molecule has 164 valence electrons. The van der Waals surface area contributed by atoms with E-state index >= 15 is 0 Å². The van der Waals surface area contributed by atoms with Gasteiger partial charge in [-0.05, 0) is 86.1 Å². The zero-order valence-corrected chi connectivity index (χ0v) is 19.5. The molecule has 0 spiro atoms. The molecule has 1 atom stereocenters. The van der Waals surface area contributed by atoms with Crippen LogP contribution in [0.2, 0.25) is 0 Å². The molecule has 0 radical (unpaired) electrons. The Morgan fingerprint density at radius 3 is 2.00 bits per heavy atom. The molecule has 0 aliphatic heterocycles. The van der Waals surface area contributed by atoms with Gasteiger partial charge in [0.2, 0.25) is 0 Å². The summed E-state index contributed by atoms with van der Waals surface area (Å²) >= 11 is 0. The fourth-order valence-electron chi connectivity index (χ4n) is 5.02. The number of benzene rings is 2. The highest BCUT2D eigenvalue weighted by atomic mass is 16.5. The molecule has 0 N–H and O–H groups in total. The van der Waals surface area contributed by atoms with Crippen molar-refractivity contribution in [2.45, 2.75) is 103 Å². The standard InChI is InChI=1S/C29H42O/c1-4-6-7-8-10-23(3)30-29-21-19-28(20-22-29)27-17-15-26(16-18-27)25-13-11-24(9-5-2)12-14-25/h15-25H,4-14H2,1-3H3. The molecule has 1 aliphatic rings. The minimum atomic E-state index is 0.291. The maximum absolute atomic E-state index is 6.11. The summed E-state index contributed by atoms with van der Waals surface area (Å²) in [5, 5.41) is 0. The summed E-state index contributed by atoms with van der Waals surface area (Å²) < 4.78 is 6.11. The van der Waals surface area contributed by atoms with Crippen molar-refractivity contribution in [3.63, 3.8) is 0 Å². The van der Waals surface area contributed by atoms with Crippen molar-refractivity contribution in [1.82, 2.24) is 0 Å². The Hall–Kier alpha value is -1.76. The van der Waals surface area contributed by atoms with Gasteiger partial charge >= 0.3 is 0 Å². The van der Waals surface area contributed by atoms with Crippen molar-refractivity contribution < 1.29 is 4.74 Å². The topological polar surface area (TPSA) is 9.23 Å². The summed E-state index contributed by atoms with van der Waals surface area (Å²) in [4.78, 5) is 0. The van der Waals surface area contributed by atoms with Crippen molar-refractivity contribution in [2.24, 2.45) is 5.92 Å². The van der Waals surface area contributed by atoms with Crippen LogP contribution in [0.15, 0.2) is 48.5 Å². The van der Waals surface area contributed by atoms with Crippen LogP contribution in [0.5, 0.6) is 5.75 Å². The summed E-state index contributed by atoms with van der Waals surface area (Å²) in [6, 6.07) is 18.0. The van der Waals surface area contributed by atoms with Gasteiger partial charge in [-0.3, -0.25) is 0 Å². The van der Waals surface area contributed by atoms with Crippen LogP contribution >= 0.6 is 0 Å². The van der Waals surface area contributed by atoms with Gasteiger partial charge in [0.25, 0.3) is 0 Å². The minimum Gasteiger partial charge on any atom is -0.491 e. The van der Waals surface area contributed by atoms with Gasteiger partial charge in [-0.2, -0.15) is 0 Å². The van der Waals surface area contributed by atoms with Gasteiger partial charge < -0.3 is 4.74 Å². The molecule has 1 unspecified atom stereocenters. The van der Waals surface area contributed by atoms with Crippen LogP contribution in [0.25, 0.3) is 11.1 Å². The first-order valence-electron chi connectivity index (χ1n) is 12.6. The number of hydrogen-bond acceptors (Lipinski definition) is 1. The number of ether oxygens (including phenoxy) is 1. The van der Waals surface area contributed by atoms with Gasteiger partial charge in [0.1, 0.15) is 5.75 Å². The summed E-state index contributed by atoms with van der Waals surface area (Å²) in [5.74, 6) is 2.73. The number of hydrogen-bond donors (Lipinski definition) is 0. The zero-order chi connectivity index (χ0) is 21.2. The van der Waals surface area contributed by atoms with Gasteiger partial charge in [-0.25, -0.2) is 0 Å². The molecule has 3 rings (SSSR count). The second-order valence-corrected chi connectivity index (χ2v) is 9.43. The fraction of sp³-hybridized carbons (Fsp3) is 0.586. The van der Waals surface area contributed by atoms with Crippen LogP contribution in [0, 0.1) is 5.92 Å². The van der Waals surface area contributed by atoms with Crippen LogP contribution in [0.1, 0.15) is 103 Å². The molecular weight excluding hydrogens is 364 g/mol. The highest BCUT2D eigenvalue weighted by Gasteiger charge is 2.21. The Labute approximate surface area is 185 Å². The lowest BCUT2D eigenvalue weighted by Gasteiger charge is -2.28. The van der Waals surface area contributed by atoms with Crippen LogP contribution < -0.4 is 4.74 Å². The lowest BCUT2D eigenvalue weighted by Crippen LogP contribution is -2.13. The maximum atomic E-state index is 6.11. The molecule has 0 aromatic heterocycles. The molecule has 30 heavy (non-hydrogen) atoms. The van der Waals surface area contributed by atoms with E-state index in [-0.39, 0.29) is 0 Å².